The van der Waals surface area contributed by atoms with E-state index in [4.69, 9.17) is 0 Å². The first-order valence-electron chi connectivity index (χ1n) is 10.6. The van der Waals surface area contributed by atoms with Gasteiger partial charge >= 0.3 is 0 Å². The van der Waals surface area contributed by atoms with Crippen LogP contribution in [0.25, 0.3) is 0 Å². The van der Waals surface area contributed by atoms with E-state index in [0.717, 1.165) is 8.59 Å². The standard InChI is InChI=1S/C23H27FINO3S/c1-12-8-16-15-5-4-13-9-14(27)6-7-20(13,2)22(15,24)18(28)10-21(16,3)23(12,29)17-11-30-19(25)26-17/h6-7,9,11-12,15-16,18,28-29H,4-5,8,10H2,1-3H3/t12-,15+,16+,18+,20+,21+,22+,23+/m1/s1. The second-order valence-electron chi connectivity index (χ2n) is 10.2. The van der Waals surface area contributed by atoms with Crippen molar-refractivity contribution >= 4 is 39.7 Å². The van der Waals surface area contributed by atoms with Gasteiger partial charge in [0.25, 0.3) is 0 Å². The zero-order valence-corrected chi connectivity index (χ0v) is 20.3. The number of hydrogen-bond acceptors (Lipinski definition) is 5. The lowest BCUT2D eigenvalue weighted by molar-refractivity contribution is -0.223. The molecule has 7 heteroatoms. The van der Waals surface area contributed by atoms with Crippen molar-refractivity contribution in [1.29, 1.82) is 0 Å². The van der Waals surface area contributed by atoms with Gasteiger partial charge in [-0.1, -0.05) is 25.5 Å². The highest BCUT2D eigenvalue weighted by Crippen LogP contribution is 2.72. The van der Waals surface area contributed by atoms with Crippen LogP contribution in [0.15, 0.2) is 29.2 Å². The molecule has 1 aromatic rings. The van der Waals surface area contributed by atoms with Crippen LogP contribution in [0.3, 0.4) is 0 Å². The van der Waals surface area contributed by atoms with E-state index < -0.39 is 28.2 Å². The molecule has 4 aliphatic rings. The fourth-order valence-electron chi connectivity index (χ4n) is 7.52. The summed E-state index contributed by atoms with van der Waals surface area (Å²) < 4.78 is 18.0. The molecule has 3 saturated carbocycles. The number of ketones is 1. The maximum Gasteiger partial charge on any atom is 0.178 e. The highest BCUT2D eigenvalue weighted by atomic mass is 127. The fraction of sp³-hybridized carbons (Fsp3) is 0.652. The molecule has 0 amide bonds. The molecule has 0 aliphatic heterocycles. The molecule has 3 fully saturated rings. The van der Waals surface area contributed by atoms with Gasteiger partial charge in [0.15, 0.2) is 14.5 Å². The average Bonchev–Trinajstić information content (AvgIpc) is 3.20. The van der Waals surface area contributed by atoms with Crippen LogP contribution in [0.4, 0.5) is 4.39 Å². The van der Waals surface area contributed by atoms with E-state index in [1.54, 1.807) is 12.2 Å². The van der Waals surface area contributed by atoms with Gasteiger partial charge in [0.05, 0.1) is 11.8 Å². The SMILES string of the molecule is C[C@@H]1C[C@H]2[C@@H]3CCC4=CC(=O)C=C[C@]4(C)[C@@]3(F)[C@@H](O)C[C@]2(C)[C@@]1(O)c1csc(I)n1. The first-order chi connectivity index (χ1) is 14.0. The predicted octanol–water partition coefficient (Wildman–Crippen LogP) is 4.55. The van der Waals surface area contributed by atoms with E-state index in [2.05, 4.69) is 27.6 Å². The Hall–Kier alpha value is -0.640. The van der Waals surface area contributed by atoms with E-state index in [9.17, 15) is 15.0 Å². The van der Waals surface area contributed by atoms with Crippen molar-refractivity contribution in [3.8, 4) is 0 Å². The van der Waals surface area contributed by atoms with Crippen molar-refractivity contribution in [3.63, 3.8) is 0 Å². The van der Waals surface area contributed by atoms with Crippen LogP contribution in [0.2, 0.25) is 0 Å². The summed E-state index contributed by atoms with van der Waals surface area (Å²) in [6.07, 6.45) is 5.53. The van der Waals surface area contributed by atoms with Crippen molar-refractivity contribution in [2.24, 2.45) is 28.6 Å². The van der Waals surface area contributed by atoms with Gasteiger partial charge in [-0.2, -0.15) is 0 Å². The van der Waals surface area contributed by atoms with E-state index in [1.165, 1.54) is 17.4 Å². The van der Waals surface area contributed by atoms with E-state index in [1.807, 2.05) is 26.2 Å². The van der Waals surface area contributed by atoms with Crippen LogP contribution in [0.1, 0.15) is 52.1 Å². The summed E-state index contributed by atoms with van der Waals surface area (Å²) in [6.45, 7) is 5.87. The second kappa shape index (κ2) is 6.45. The lowest BCUT2D eigenvalue weighted by atomic mass is 9.44. The van der Waals surface area contributed by atoms with Gasteiger partial charge in [0, 0.05) is 22.1 Å². The number of thiazole rings is 1. The minimum Gasteiger partial charge on any atom is -0.390 e. The normalized spacial score (nSPS) is 50.0. The Kier molecular flexibility index (Phi) is 4.56. The first kappa shape index (κ1) is 21.2. The number of alkyl halides is 1. The number of carbonyl (C=O) groups excluding carboxylic acids is 1. The molecule has 4 nitrogen and oxygen atoms in total. The Bertz CT molecular complexity index is 993. The van der Waals surface area contributed by atoms with Crippen LogP contribution < -0.4 is 0 Å². The van der Waals surface area contributed by atoms with Crippen LogP contribution in [-0.2, 0) is 10.4 Å². The molecule has 1 aromatic heterocycles. The summed E-state index contributed by atoms with van der Waals surface area (Å²) in [4.78, 5) is 16.5. The smallest absolute Gasteiger partial charge is 0.178 e. The lowest BCUT2D eigenvalue weighted by Gasteiger charge is -2.62. The molecule has 0 bridgehead atoms. The molecule has 0 spiro atoms. The van der Waals surface area contributed by atoms with Crippen molar-refractivity contribution in [2.45, 2.75) is 63.8 Å². The Balaban J connectivity index is 1.63. The van der Waals surface area contributed by atoms with Gasteiger partial charge < -0.3 is 10.2 Å². The zero-order valence-electron chi connectivity index (χ0n) is 17.4. The maximum absolute atomic E-state index is 17.1. The molecule has 5 rings (SSSR count). The quantitative estimate of drug-likeness (QED) is 0.510. The van der Waals surface area contributed by atoms with Crippen molar-refractivity contribution in [1.82, 2.24) is 4.98 Å². The number of aromatic nitrogens is 1. The van der Waals surface area contributed by atoms with Gasteiger partial charge in [0.1, 0.15) is 5.60 Å². The molecule has 162 valence electrons. The van der Waals surface area contributed by atoms with E-state index in [0.29, 0.717) is 25.0 Å². The van der Waals surface area contributed by atoms with Crippen LogP contribution in [0.5, 0.6) is 0 Å². The highest BCUT2D eigenvalue weighted by molar-refractivity contribution is 14.1. The van der Waals surface area contributed by atoms with Gasteiger partial charge in [-0.25, -0.2) is 9.37 Å². The second-order valence-corrected chi connectivity index (χ2v) is 12.8. The molecule has 8 atom stereocenters. The van der Waals surface area contributed by atoms with Gasteiger partial charge in [-0.3, -0.25) is 4.79 Å². The van der Waals surface area contributed by atoms with Crippen molar-refractivity contribution in [2.75, 3.05) is 0 Å². The number of hydrogen-bond donors (Lipinski definition) is 2. The first-order valence-corrected chi connectivity index (χ1v) is 12.6. The molecule has 0 unspecified atom stereocenters. The van der Waals surface area contributed by atoms with Crippen LogP contribution in [-0.4, -0.2) is 32.8 Å². The topological polar surface area (TPSA) is 70.4 Å². The summed E-state index contributed by atoms with van der Waals surface area (Å²) in [6, 6.07) is 0. The molecule has 1 heterocycles. The number of carbonyl (C=O) groups is 1. The van der Waals surface area contributed by atoms with Crippen molar-refractivity contribution in [3.05, 3.63) is 37.9 Å². The lowest BCUT2D eigenvalue weighted by Crippen LogP contribution is -2.68. The van der Waals surface area contributed by atoms with Crippen LogP contribution >= 0.6 is 33.9 Å². The molecule has 2 N–H and O–H groups in total. The Morgan fingerprint density at radius 3 is 2.73 bits per heavy atom. The summed E-state index contributed by atoms with van der Waals surface area (Å²) in [5, 5.41) is 25.3. The zero-order chi connectivity index (χ0) is 21.7. The molecule has 0 saturated heterocycles. The fourth-order valence-corrected chi connectivity index (χ4v) is 8.75. The summed E-state index contributed by atoms with van der Waals surface area (Å²) in [7, 11) is 0. The third kappa shape index (κ3) is 2.33. The van der Waals surface area contributed by atoms with Gasteiger partial charge in [0.2, 0.25) is 0 Å². The number of rotatable bonds is 1. The Labute approximate surface area is 193 Å². The Morgan fingerprint density at radius 1 is 1.33 bits per heavy atom. The number of allylic oxidation sites excluding steroid dienone is 4. The van der Waals surface area contributed by atoms with E-state index >= 15 is 4.39 Å². The molecule has 4 aliphatic carbocycles. The molecule has 0 radical (unpaired) electrons. The largest absolute Gasteiger partial charge is 0.390 e. The third-order valence-electron chi connectivity index (χ3n) is 9.09. The number of aliphatic hydroxyl groups is 2. The number of nitrogens with zero attached hydrogens (tertiary/aromatic N) is 1. The minimum absolute atomic E-state index is 0.0744. The average molecular weight is 543 g/mol. The molecular formula is C23H27FINO3S. The van der Waals surface area contributed by atoms with E-state index in [-0.39, 0.29) is 30.0 Å². The third-order valence-corrected chi connectivity index (χ3v) is 10.7. The molecule has 30 heavy (non-hydrogen) atoms. The van der Waals surface area contributed by atoms with Gasteiger partial charge in [-0.05, 0) is 79.2 Å². The number of halogens is 2. The maximum atomic E-state index is 17.1. The number of aliphatic hydroxyl groups excluding tert-OH is 1. The van der Waals surface area contributed by atoms with Gasteiger partial charge in [-0.15, -0.1) is 11.3 Å². The molecular weight excluding hydrogens is 516 g/mol. The summed E-state index contributed by atoms with van der Waals surface area (Å²) in [5.41, 5.74) is -3.29. The monoisotopic (exact) mass is 543 g/mol. The summed E-state index contributed by atoms with van der Waals surface area (Å²) in [5.74, 6) is -0.662. The highest BCUT2D eigenvalue weighted by Gasteiger charge is 2.74. The summed E-state index contributed by atoms with van der Waals surface area (Å²) >= 11 is 3.66. The predicted molar refractivity (Wildman–Crippen MR) is 122 cm³/mol. The number of fused-ring (bicyclic) bond motifs is 5. The molecule has 0 aromatic carbocycles. The minimum atomic E-state index is -1.86. The Morgan fingerprint density at radius 2 is 2.07 bits per heavy atom. The van der Waals surface area contributed by atoms with Crippen molar-refractivity contribution < 1.29 is 19.4 Å². The van der Waals surface area contributed by atoms with Crippen LogP contribution in [0, 0.1) is 31.6 Å².